The highest BCUT2D eigenvalue weighted by Gasteiger charge is 2.44. The molecule has 0 N–H and O–H groups in total. The van der Waals surface area contributed by atoms with Gasteiger partial charge in [0.05, 0.1) is 5.41 Å². The van der Waals surface area contributed by atoms with E-state index in [1.165, 1.54) is 56.2 Å². The fourth-order valence-electron chi connectivity index (χ4n) is 7.90. The van der Waals surface area contributed by atoms with E-state index in [2.05, 4.69) is 171 Å². The van der Waals surface area contributed by atoms with Gasteiger partial charge in [-0.3, -0.25) is 0 Å². The lowest BCUT2D eigenvalue weighted by atomic mass is 9.81. The monoisotopic (exact) mass is 649 g/mol. The van der Waals surface area contributed by atoms with Crippen molar-refractivity contribution in [3.63, 3.8) is 0 Å². The van der Waals surface area contributed by atoms with E-state index in [-0.39, 0.29) is 10.8 Å². The normalized spacial score (nSPS) is 19.6. The van der Waals surface area contributed by atoms with Crippen LogP contribution in [0.1, 0.15) is 62.8 Å². The van der Waals surface area contributed by atoms with Gasteiger partial charge in [-0.15, -0.1) is 0 Å². The molecule has 4 aromatic carbocycles. The molecule has 0 spiro atoms. The average Bonchev–Trinajstić information content (AvgIpc) is 3.64. The van der Waals surface area contributed by atoms with Crippen molar-refractivity contribution in [1.82, 2.24) is 0 Å². The zero-order chi connectivity index (χ0) is 33.3. The van der Waals surface area contributed by atoms with Crippen molar-refractivity contribution in [2.45, 2.75) is 64.2 Å². The summed E-state index contributed by atoms with van der Waals surface area (Å²) in [5.41, 5.74) is 13.0. The van der Waals surface area contributed by atoms with Gasteiger partial charge in [-0.05, 0) is 73.1 Å². The fourth-order valence-corrected chi connectivity index (χ4v) is 8.22. The van der Waals surface area contributed by atoms with Crippen molar-refractivity contribution in [3.05, 3.63) is 178 Å². The van der Waals surface area contributed by atoms with Gasteiger partial charge in [0.15, 0.2) is 12.3 Å². The van der Waals surface area contributed by atoms with Gasteiger partial charge in [-0.1, -0.05) is 135 Å². The molecule has 48 heavy (non-hydrogen) atoms. The predicted octanol–water partition coefficient (Wildman–Crippen LogP) is 11.0. The second-order valence-electron chi connectivity index (χ2n) is 14.4. The Morgan fingerprint density at radius 2 is 1.29 bits per heavy atom. The summed E-state index contributed by atoms with van der Waals surface area (Å²) in [5, 5.41) is 0.900. The fraction of sp³-hybridized carbons (Fsp3) is 0.267. The van der Waals surface area contributed by atoms with Crippen LogP contribution in [0.3, 0.4) is 0 Å². The number of allylic oxidation sites excluding steroid dienone is 8. The second kappa shape index (κ2) is 13.2. The molecular weight excluding hydrogens is 604 g/mol. The van der Waals surface area contributed by atoms with E-state index >= 15 is 0 Å². The third-order valence-electron chi connectivity index (χ3n) is 10.6. The van der Waals surface area contributed by atoms with Crippen LogP contribution in [0.15, 0.2) is 155 Å². The lowest BCUT2D eigenvalue weighted by molar-refractivity contribution is -0.436. The van der Waals surface area contributed by atoms with Crippen molar-refractivity contribution < 1.29 is 4.58 Å². The third-order valence-corrected chi connectivity index (χ3v) is 11.1. The van der Waals surface area contributed by atoms with Gasteiger partial charge in [-0.25, -0.2) is 0 Å². The van der Waals surface area contributed by atoms with Gasteiger partial charge in [0, 0.05) is 52.5 Å². The SMILES string of the molecule is CC1(C)C(=C/C=C2\CCC(/C=C/C3=[N+](CCc4ccccc4)c4ccccc4C3(C)C)=C2Cl)N(CCc2ccccc2)c2ccccc21. The molecule has 0 atom stereocenters. The summed E-state index contributed by atoms with van der Waals surface area (Å²) < 4.78 is 2.52. The van der Waals surface area contributed by atoms with E-state index in [1.54, 1.807) is 0 Å². The summed E-state index contributed by atoms with van der Waals surface area (Å²) in [6.07, 6.45) is 13.2. The molecule has 2 aliphatic heterocycles. The number of para-hydroxylation sites is 2. The molecule has 0 saturated heterocycles. The third kappa shape index (κ3) is 6.03. The maximum absolute atomic E-state index is 7.19. The lowest BCUT2D eigenvalue weighted by Gasteiger charge is -2.27. The number of hydrogen-bond acceptors (Lipinski definition) is 1. The molecule has 3 aliphatic rings. The zero-order valence-corrected chi connectivity index (χ0v) is 29.5. The summed E-state index contributed by atoms with van der Waals surface area (Å²) >= 11 is 7.19. The molecule has 3 heteroatoms. The summed E-state index contributed by atoms with van der Waals surface area (Å²) in [4.78, 5) is 2.52. The largest absolute Gasteiger partial charge is 0.344 e. The maximum atomic E-state index is 7.19. The van der Waals surface area contributed by atoms with Crippen LogP contribution in [0.2, 0.25) is 0 Å². The molecule has 0 radical (unpaired) electrons. The van der Waals surface area contributed by atoms with Crippen LogP contribution in [0.25, 0.3) is 0 Å². The summed E-state index contributed by atoms with van der Waals surface area (Å²) in [6, 6.07) is 39.4. The van der Waals surface area contributed by atoms with Gasteiger partial charge in [0.1, 0.15) is 0 Å². The van der Waals surface area contributed by atoms with Gasteiger partial charge < -0.3 is 4.90 Å². The maximum Gasteiger partial charge on any atom is 0.209 e. The molecule has 242 valence electrons. The quantitative estimate of drug-likeness (QED) is 0.164. The Balaban J connectivity index is 1.18. The number of rotatable bonds is 9. The molecule has 2 nitrogen and oxygen atoms in total. The molecule has 7 rings (SSSR count). The van der Waals surface area contributed by atoms with Crippen LogP contribution >= 0.6 is 11.6 Å². The molecule has 4 aromatic rings. The molecule has 0 amide bonds. The van der Waals surface area contributed by atoms with E-state index in [9.17, 15) is 0 Å². The Hall–Kier alpha value is -4.40. The molecule has 0 fully saturated rings. The van der Waals surface area contributed by atoms with Crippen LogP contribution in [0.5, 0.6) is 0 Å². The van der Waals surface area contributed by atoms with Crippen LogP contribution < -0.4 is 4.90 Å². The minimum absolute atomic E-state index is 0.0925. The van der Waals surface area contributed by atoms with Crippen LogP contribution in [0, 0.1) is 0 Å². The Kier molecular flexibility index (Phi) is 8.88. The Bertz CT molecular complexity index is 1970. The first kappa shape index (κ1) is 32.2. The minimum Gasteiger partial charge on any atom is -0.344 e. The van der Waals surface area contributed by atoms with Crippen molar-refractivity contribution in [2.75, 3.05) is 18.0 Å². The standard InChI is InChI=1S/C45H46ClN2/c1-44(2)37-19-11-13-21-39(37)47(31-29-33-15-7-5-8-16-33)41(44)27-25-35-23-24-36(43(35)46)26-28-42-45(3,4)38-20-12-14-22-40(38)48(42)32-30-34-17-9-6-10-18-34/h5-22,25-28H,23-24,29-32H2,1-4H3/q+1. The number of anilines is 1. The molecule has 0 saturated carbocycles. The molecule has 1 aliphatic carbocycles. The van der Waals surface area contributed by atoms with Crippen LogP contribution in [-0.4, -0.2) is 23.4 Å². The number of benzene rings is 4. The van der Waals surface area contributed by atoms with Gasteiger partial charge in [-0.2, -0.15) is 4.58 Å². The van der Waals surface area contributed by atoms with E-state index < -0.39 is 0 Å². The first-order chi connectivity index (χ1) is 23.2. The Labute approximate surface area is 292 Å². The number of hydrogen-bond donors (Lipinski definition) is 0. The van der Waals surface area contributed by atoms with Crippen molar-refractivity contribution >= 4 is 28.7 Å². The van der Waals surface area contributed by atoms with Crippen molar-refractivity contribution in [2.24, 2.45) is 0 Å². The first-order valence-electron chi connectivity index (χ1n) is 17.4. The zero-order valence-electron chi connectivity index (χ0n) is 28.7. The van der Waals surface area contributed by atoms with Crippen LogP contribution in [0.4, 0.5) is 11.4 Å². The van der Waals surface area contributed by atoms with Crippen molar-refractivity contribution in [3.8, 4) is 0 Å². The predicted molar refractivity (Wildman–Crippen MR) is 204 cm³/mol. The topological polar surface area (TPSA) is 6.25 Å². The van der Waals surface area contributed by atoms with E-state index in [1.807, 2.05) is 0 Å². The molecule has 0 bridgehead atoms. The molecule has 0 unspecified atom stereocenters. The Morgan fingerprint density at radius 1 is 0.667 bits per heavy atom. The minimum atomic E-state index is -0.0925. The summed E-state index contributed by atoms with van der Waals surface area (Å²) in [6.45, 7) is 11.3. The first-order valence-corrected chi connectivity index (χ1v) is 17.8. The number of fused-ring (bicyclic) bond motifs is 2. The van der Waals surface area contributed by atoms with Gasteiger partial charge in [0.25, 0.3) is 0 Å². The summed E-state index contributed by atoms with van der Waals surface area (Å²) in [5.74, 6) is 0. The highest BCUT2D eigenvalue weighted by Crippen LogP contribution is 2.48. The van der Waals surface area contributed by atoms with E-state index in [0.29, 0.717) is 0 Å². The average molecular weight is 650 g/mol. The van der Waals surface area contributed by atoms with E-state index in [4.69, 9.17) is 11.6 Å². The number of halogens is 1. The van der Waals surface area contributed by atoms with Crippen LogP contribution in [-0.2, 0) is 23.7 Å². The summed E-state index contributed by atoms with van der Waals surface area (Å²) in [7, 11) is 0. The van der Waals surface area contributed by atoms with E-state index in [0.717, 1.165) is 43.8 Å². The van der Waals surface area contributed by atoms with Gasteiger partial charge >= 0.3 is 0 Å². The molecular formula is C45H46ClN2+. The number of nitrogens with zero attached hydrogens (tertiary/aromatic N) is 2. The highest BCUT2D eigenvalue weighted by molar-refractivity contribution is 6.33. The second-order valence-corrected chi connectivity index (χ2v) is 14.7. The smallest absolute Gasteiger partial charge is 0.209 e. The van der Waals surface area contributed by atoms with Gasteiger partial charge in [0.2, 0.25) is 5.69 Å². The lowest BCUT2D eigenvalue weighted by Crippen LogP contribution is -2.28. The van der Waals surface area contributed by atoms with Crippen molar-refractivity contribution in [1.29, 1.82) is 0 Å². The Morgan fingerprint density at radius 3 is 2.02 bits per heavy atom. The molecule has 2 heterocycles. The highest BCUT2D eigenvalue weighted by atomic mass is 35.5. The molecule has 0 aromatic heterocycles.